The Morgan fingerprint density at radius 2 is 2.11 bits per heavy atom. The molecule has 0 saturated heterocycles. The van der Waals surface area contributed by atoms with Crippen molar-refractivity contribution in [1.82, 2.24) is 4.98 Å². The van der Waals surface area contributed by atoms with Gasteiger partial charge >= 0.3 is 0 Å². The predicted octanol–water partition coefficient (Wildman–Crippen LogP) is 3.89. The number of ether oxygens (including phenoxy) is 1. The summed E-state index contributed by atoms with van der Waals surface area (Å²) < 4.78 is 6.56. The number of hydrogen-bond acceptors (Lipinski definition) is 4. The molecule has 0 saturated carbocycles. The maximum Gasteiger partial charge on any atom is 0.137 e. The predicted molar refractivity (Wildman–Crippen MR) is 79.3 cm³/mol. The van der Waals surface area contributed by atoms with Gasteiger partial charge in [0.05, 0.1) is 17.2 Å². The molecule has 0 atom stereocenters. The van der Waals surface area contributed by atoms with Crippen LogP contribution in [0, 0.1) is 11.3 Å². The first-order valence-corrected chi connectivity index (χ1v) is 7.44. The number of thioether (sulfide) groups is 1. The van der Waals surface area contributed by atoms with Gasteiger partial charge in [-0.1, -0.05) is 12.1 Å². The monoisotopic (exact) mass is 334 g/mol. The van der Waals surface area contributed by atoms with Crippen molar-refractivity contribution < 1.29 is 4.74 Å². The molecule has 19 heavy (non-hydrogen) atoms. The summed E-state index contributed by atoms with van der Waals surface area (Å²) >= 11 is 4.97. The van der Waals surface area contributed by atoms with Gasteiger partial charge in [0.25, 0.3) is 0 Å². The molecule has 96 valence electrons. The topological polar surface area (TPSA) is 45.9 Å². The zero-order valence-electron chi connectivity index (χ0n) is 10.0. The van der Waals surface area contributed by atoms with Gasteiger partial charge in [-0.2, -0.15) is 5.26 Å². The number of nitrogens with zero attached hydrogens (tertiary/aromatic N) is 2. The summed E-state index contributed by atoms with van der Waals surface area (Å²) in [6.07, 6.45) is 1.77. The van der Waals surface area contributed by atoms with Crippen LogP contribution < -0.4 is 4.74 Å². The fourth-order valence-corrected chi connectivity index (χ4v) is 2.33. The van der Waals surface area contributed by atoms with Gasteiger partial charge in [-0.15, -0.1) is 11.8 Å². The molecule has 0 radical (unpaired) electrons. The minimum atomic E-state index is 0.543. The number of nitriles is 1. The summed E-state index contributed by atoms with van der Waals surface area (Å²) in [4.78, 5) is 4.26. The van der Waals surface area contributed by atoms with Crippen molar-refractivity contribution in [3.63, 3.8) is 0 Å². The van der Waals surface area contributed by atoms with Crippen LogP contribution in [0.3, 0.4) is 0 Å². The average Bonchev–Trinajstić information content (AvgIpc) is 2.46. The van der Waals surface area contributed by atoms with Gasteiger partial charge in [-0.3, -0.25) is 0 Å². The van der Waals surface area contributed by atoms with Crippen LogP contribution in [0.5, 0.6) is 5.75 Å². The van der Waals surface area contributed by atoms with E-state index < -0.39 is 0 Å². The van der Waals surface area contributed by atoms with E-state index in [4.69, 9.17) is 10.00 Å². The summed E-state index contributed by atoms with van der Waals surface area (Å²) in [6.45, 7) is 0.543. The molecule has 0 N–H and O–H groups in total. The van der Waals surface area contributed by atoms with Gasteiger partial charge < -0.3 is 4.74 Å². The summed E-state index contributed by atoms with van der Waals surface area (Å²) in [7, 11) is 0. The largest absolute Gasteiger partial charge is 0.491 e. The maximum absolute atomic E-state index is 8.93. The summed E-state index contributed by atoms with van der Waals surface area (Å²) in [6, 6.07) is 13.3. The van der Waals surface area contributed by atoms with E-state index in [1.807, 2.05) is 24.3 Å². The SMILES string of the molecule is N#Cc1ccccc1OCCSc1ccc(Br)cn1. The molecule has 0 fully saturated rings. The van der Waals surface area contributed by atoms with E-state index in [0.717, 1.165) is 15.3 Å². The molecule has 0 amide bonds. The Bertz CT molecular complexity index is 581. The van der Waals surface area contributed by atoms with Crippen molar-refractivity contribution in [3.05, 3.63) is 52.6 Å². The second-order valence-corrected chi connectivity index (χ2v) is 5.65. The molecule has 1 aromatic carbocycles. The number of para-hydroxylation sites is 1. The summed E-state index contributed by atoms with van der Waals surface area (Å²) in [5.74, 6) is 1.42. The Morgan fingerprint density at radius 3 is 2.84 bits per heavy atom. The van der Waals surface area contributed by atoms with E-state index in [9.17, 15) is 0 Å². The normalized spacial score (nSPS) is 9.89. The molecule has 5 heteroatoms. The van der Waals surface area contributed by atoms with Crippen molar-refractivity contribution in [3.8, 4) is 11.8 Å². The van der Waals surface area contributed by atoms with E-state index in [2.05, 4.69) is 27.0 Å². The Morgan fingerprint density at radius 1 is 1.26 bits per heavy atom. The molecular weight excluding hydrogens is 324 g/mol. The van der Waals surface area contributed by atoms with Crippen molar-refractivity contribution in [2.45, 2.75) is 5.03 Å². The third-order valence-corrected chi connectivity index (χ3v) is 3.68. The fraction of sp³-hybridized carbons (Fsp3) is 0.143. The van der Waals surface area contributed by atoms with Gasteiger partial charge in [0.15, 0.2) is 0 Å². The highest BCUT2D eigenvalue weighted by Gasteiger charge is 2.01. The Kier molecular flexibility index (Phi) is 5.25. The molecule has 2 rings (SSSR count). The Labute approximate surface area is 124 Å². The van der Waals surface area contributed by atoms with Crippen LogP contribution in [0.4, 0.5) is 0 Å². The van der Waals surface area contributed by atoms with Gasteiger partial charge in [-0.25, -0.2) is 4.98 Å². The first kappa shape index (κ1) is 13.9. The van der Waals surface area contributed by atoms with E-state index in [0.29, 0.717) is 17.9 Å². The average molecular weight is 335 g/mol. The van der Waals surface area contributed by atoms with Gasteiger partial charge in [0, 0.05) is 16.4 Å². The molecule has 3 nitrogen and oxygen atoms in total. The van der Waals surface area contributed by atoms with Gasteiger partial charge in [-0.05, 0) is 40.2 Å². The number of pyridine rings is 1. The van der Waals surface area contributed by atoms with E-state index in [1.54, 1.807) is 30.1 Å². The molecule has 0 spiro atoms. The number of benzene rings is 1. The van der Waals surface area contributed by atoms with Crippen LogP contribution in [0.2, 0.25) is 0 Å². The van der Waals surface area contributed by atoms with Crippen molar-refractivity contribution in [1.29, 1.82) is 5.26 Å². The number of rotatable bonds is 5. The highest BCUT2D eigenvalue weighted by Crippen LogP contribution is 2.19. The number of halogens is 1. The number of aromatic nitrogens is 1. The van der Waals surface area contributed by atoms with Crippen LogP contribution in [-0.4, -0.2) is 17.3 Å². The second-order valence-electron chi connectivity index (χ2n) is 3.62. The minimum Gasteiger partial charge on any atom is -0.491 e. The first-order chi connectivity index (χ1) is 9.29. The standard InChI is InChI=1S/C14H11BrN2OS/c15-12-5-6-14(17-10-12)19-8-7-18-13-4-2-1-3-11(13)9-16/h1-6,10H,7-8H2. The van der Waals surface area contributed by atoms with Crippen LogP contribution in [0.15, 0.2) is 52.1 Å². The maximum atomic E-state index is 8.93. The third kappa shape index (κ3) is 4.27. The smallest absolute Gasteiger partial charge is 0.137 e. The highest BCUT2D eigenvalue weighted by atomic mass is 79.9. The van der Waals surface area contributed by atoms with Crippen molar-refractivity contribution in [2.75, 3.05) is 12.4 Å². The first-order valence-electron chi connectivity index (χ1n) is 5.66. The Hall–Kier alpha value is -1.51. The molecule has 2 aromatic rings. The van der Waals surface area contributed by atoms with E-state index in [1.165, 1.54) is 0 Å². The molecule has 0 bridgehead atoms. The second kappa shape index (κ2) is 7.17. The van der Waals surface area contributed by atoms with Crippen LogP contribution >= 0.6 is 27.7 Å². The minimum absolute atomic E-state index is 0.543. The summed E-state index contributed by atoms with van der Waals surface area (Å²) in [5.41, 5.74) is 0.564. The molecule has 0 unspecified atom stereocenters. The quantitative estimate of drug-likeness (QED) is 0.614. The van der Waals surface area contributed by atoms with Crippen molar-refractivity contribution >= 4 is 27.7 Å². The van der Waals surface area contributed by atoms with Crippen LogP contribution in [0.1, 0.15) is 5.56 Å². The lowest BCUT2D eigenvalue weighted by Gasteiger charge is -2.07. The lowest BCUT2D eigenvalue weighted by molar-refractivity contribution is 0.343. The third-order valence-electron chi connectivity index (χ3n) is 2.30. The highest BCUT2D eigenvalue weighted by molar-refractivity contribution is 9.10. The fourth-order valence-electron chi connectivity index (χ4n) is 1.43. The Balaban J connectivity index is 1.81. The van der Waals surface area contributed by atoms with Crippen LogP contribution in [0.25, 0.3) is 0 Å². The van der Waals surface area contributed by atoms with E-state index in [-0.39, 0.29) is 0 Å². The zero-order chi connectivity index (χ0) is 13.5. The molecule has 0 aliphatic rings. The lowest BCUT2D eigenvalue weighted by Crippen LogP contribution is -2.01. The van der Waals surface area contributed by atoms with Gasteiger partial charge in [0.1, 0.15) is 11.8 Å². The zero-order valence-corrected chi connectivity index (χ0v) is 12.4. The van der Waals surface area contributed by atoms with Crippen molar-refractivity contribution in [2.24, 2.45) is 0 Å². The molecule has 0 aliphatic carbocycles. The molecule has 0 aliphatic heterocycles. The summed E-state index contributed by atoms with van der Waals surface area (Å²) in [5, 5.41) is 9.89. The molecule has 1 heterocycles. The van der Waals surface area contributed by atoms with Crippen LogP contribution in [-0.2, 0) is 0 Å². The van der Waals surface area contributed by atoms with Gasteiger partial charge in [0.2, 0.25) is 0 Å². The molecule has 1 aromatic heterocycles. The number of hydrogen-bond donors (Lipinski definition) is 0. The van der Waals surface area contributed by atoms with E-state index >= 15 is 0 Å². The molecular formula is C14H11BrN2OS. The lowest BCUT2D eigenvalue weighted by atomic mass is 10.2.